The van der Waals surface area contributed by atoms with Crippen LogP contribution in [0.2, 0.25) is 0 Å². The van der Waals surface area contributed by atoms with Crippen LogP contribution in [-0.4, -0.2) is 47.8 Å². The summed E-state index contributed by atoms with van der Waals surface area (Å²) in [7, 11) is 0. The van der Waals surface area contributed by atoms with Gasteiger partial charge in [-0.25, -0.2) is 0 Å². The molecule has 1 saturated heterocycles. The highest BCUT2D eigenvalue weighted by molar-refractivity contribution is 5.88. The number of carbonyl (C=O) groups excluding carboxylic acids is 2. The molecule has 1 atom stereocenters. The molecule has 0 aromatic carbocycles. The van der Waals surface area contributed by atoms with Gasteiger partial charge in [-0.3, -0.25) is 9.59 Å². The monoisotopic (exact) mass is 304 g/mol. The van der Waals surface area contributed by atoms with Gasteiger partial charge in [0.15, 0.2) is 0 Å². The lowest BCUT2D eigenvalue weighted by molar-refractivity contribution is -0.135. The fourth-order valence-corrected chi connectivity index (χ4v) is 3.14. The highest BCUT2D eigenvalue weighted by Crippen LogP contribution is 2.39. The van der Waals surface area contributed by atoms with Crippen LogP contribution >= 0.6 is 0 Å². The molecule has 0 bridgehead atoms. The SMILES string of the molecule is CC(=O)N1CCN(C(=O)/C=C/C2=CC(C)CCC2(C)C)CC1. The number of rotatable bonds is 2. The normalized spacial score (nSPS) is 25.3. The van der Waals surface area contributed by atoms with Crippen LogP contribution in [0.15, 0.2) is 23.8 Å². The van der Waals surface area contributed by atoms with E-state index in [4.69, 9.17) is 0 Å². The van der Waals surface area contributed by atoms with Crippen LogP contribution in [0, 0.1) is 11.3 Å². The van der Waals surface area contributed by atoms with Crippen molar-refractivity contribution in [3.8, 4) is 0 Å². The summed E-state index contributed by atoms with van der Waals surface area (Å²) in [6.45, 7) is 10.8. The number of allylic oxidation sites excluding steroid dienone is 3. The van der Waals surface area contributed by atoms with Crippen molar-refractivity contribution in [3.63, 3.8) is 0 Å². The third-order valence-corrected chi connectivity index (χ3v) is 4.91. The Hall–Kier alpha value is -1.58. The first-order chi connectivity index (χ1) is 10.3. The van der Waals surface area contributed by atoms with E-state index in [2.05, 4.69) is 26.8 Å². The maximum atomic E-state index is 12.3. The molecule has 1 aliphatic heterocycles. The summed E-state index contributed by atoms with van der Waals surface area (Å²) in [6.07, 6.45) is 8.37. The zero-order chi connectivity index (χ0) is 16.3. The molecule has 1 heterocycles. The Labute approximate surface area is 133 Å². The van der Waals surface area contributed by atoms with Crippen LogP contribution in [0.5, 0.6) is 0 Å². The maximum Gasteiger partial charge on any atom is 0.246 e. The Bertz CT molecular complexity index is 497. The summed E-state index contributed by atoms with van der Waals surface area (Å²) in [5.41, 5.74) is 1.42. The van der Waals surface area contributed by atoms with E-state index in [0.717, 1.165) is 6.42 Å². The number of piperazine rings is 1. The zero-order valence-electron chi connectivity index (χ0n) is 14.3. The number of hydrogen-bond acceptors (Lipinski definition) is 2. The van der Waals surface area contributed by atoms with Crippen LogP contribution in [0.3, 0.4) is 0 Å². The summed E-state index contributed by atoms with van der Waals surface area (Å²) in [5.74, 6) is 0.728. The van der Waals surface area contributed by atoms with Crippen molar-refractivity contribution < 1.29 is 9.59 Å². The second-order valence-corrected chi connectivity index (χ2v) is 7.19. The maximum absolute atomic E-state index is 12.3. The van der Waals surface area contributed by atoms with Crippen molar-refractivity contribution in [1.29, 1.82) is 0 Å². The lowest BCUT2D eigenvalue weighted by Gasteiger charge is -2.34. The predicted molar refractivity (Wildman–Crippen MR) is 88.2 cm³/mol. The van der Waals surface area contributed by atoms with E-state index in [-0.39, 0.29) is 17.2 Å². The zero-order valence-corrected chi connectivity index (χ0v) is 14.3. The van der Waals surface area contributed by atoms with Gasteiger partial charge in [-0.15, -0.1) is 0 Å². The number of hydrogen-bond donors (Lipinski definition) is 0. The summed E-state index contributed by atoms with van der Waals surface area (Å²) in [6, 6.07) is 0. The quantitative estimate of drug-likeness (QED) is 0.736. The van der Waals surface area contributed by atoms with Crippen molar-refractivity contribution in [2.45, 2.75) is 40.5 Å². The van der Waals surface area contributed by atoms with Gasteiger partial charge < -0.3 is 9.80 Å². The van der Waals surface area contributed by atoms with E-state index in [0.29, 0.717) is 32.1 Å². The molecule has 2 amide bonds. The van der Waals surface area contributed by atoms with Gasteiger partial charge in [-0.1, -0.05) is 32.9 Å². The number of amides is 2. The second kappa shape index (κ2) is 6.67. The van der Waals surface area contributed by atoms with Crippen LogP contribution in [0.4, 0.5) is 0 Å². The molecule has 2 aliphatic rings. The van der Waals surface area contributed by atoms with Crippen LogP contribution in [-0.2, 0) is 9.59 Å². The third kappa shape index (κ3) is 3.99. The topological polar surface area (TPSA) is 40.6 Å². The van der Waals surface area contributed by atoms with Crippen LogP contribution < -0.4 is 0 Å². The summed E-state index contributed by atoms with van der Waals surface area (Å²) >= 11 is 0. The van der Waals surface area contributed by atoms with E-state index < -0.39 is 0 Å². The van der Waals surface area contributed by atoms with E-state index in [9.17, 15) is 9.59 Å². The van der Waals surface area contributed by atoms with E-state index in [1.54, 1.807) is 17.9 Å². The third-order valence-electron chi connectivity index (χ3n) is 4.91. The molecule has 0 aromatic rings. The first-order valence-corrected chi connectivity index (χ1v) is 8.24. The summed E-state index contributed by atoms with van der Waals surface area (Å²) < 4.78 is 0. The second-order valence-electron chi connectivity index (χ2n) is 7.19. The summed E-state index contributed by atoms with van der Waals surface area (Å²) in [5, 5.41) is 0. The van der Waals surface area contributed by atoms with Crippen molar-refractivity contribution in [1.82, 2.24) is 9.80 Å². The Morgan fingerprint density at radius 3 is 2.36 bits per heavy atom. The van der Waals surface area contributed by atoms with Crippen LogP contribution in [0.25, 0.3) is 0 Å². The van der Waals surface area contributed by atoms with Gasteiger partial charge in [-0.05, 0) is 29.7 Å². The van der Waals surface area contributed by atoms with Gasteiger partial charge in [0.25, 0.3) is 0 Å². The molecule has 1 fully saturated rings. The lowest BCUT2D eigenvalue weighted by Crippen LogP contribution is -2.49. The molecule has 0 saturated carbocycles. The van der Waals surface area contributed by atoms with E-state index >= 15 is 0 Å². The molecule has 2 rings (SSSR count). The molecule has 122 valence electrons. The molecule has 0 spiro atoms. The molecule has 1 aliphatic carbocycles. The van der Waals surface area contributed by atoms with Crippen molar-refractivity contribution in [3.05, 3.63) is 23.8 Å². The van der Waals surface area contributed by atoms with Crippen LogP contribution in [0.1, 0.15) is 40.5 Å². The summed E-state index contributed by atoms with van der Waals surface area (Å²) in [4.78, 5) is 27.3. The highest BCUT2D eigenvalue weighted by Gasteiger charge is 2.27. The standard InChI is InChI=1S/C18H28N2O2/c1-14-7-8-18(3,4)16(13-14)5-6-17(22)20-11-9-19(10-12-20)15(2)21/h5-6,13-14H,7-12H2,1-4H3/b6-5+. The van der Waals surface area contributed by atoms with E-state index in [1.165, 1.54) is 12.0 Å². The van der Waals surface area contributed by atoms with Gasteiger partial charge in [0, 0.05) is 39.2 Å². The van der Waals surface area contributed by atoms with Crippen molar-refractivity contribution in [2.75, 3.05) is 26.2 Å². The Morgan fingerprint density at radius 1 is 1.18 bits per heavy atom. The molecule has 0 aromatic heterocycles. The minimum Gasteiger partial charge on any atom is -0.339 e. The first-order valence-electron chi connectivity index (χ1n) is 8.24. The molecule has 0 N–H and O–H groups in total. The molecule has 4 heteroatoms. The molecule has 1 unspecified atom stereocenters. The van der Waals surface area contributed by atoms with Gasteiger partial charge in [-0.2, -0.15) is 0 Å². The Morgan fingerprint density at radius 2 is 1.77 bits per heavy atom. The number of carbonyl (C=O) groups is 2. The molecule has 0 radical (unpaired) electrons. The fourth-order valence-electron chi connectivity index (χ4n) is 3.14. The predicted octanol–water partition coefficient (Wildman–Crippen LogP) is 2.62. The highest BCUT2D eigenvalue weighted by atomic mass is 16.2. The minimum atomic E-state index is 0.0538. The Kier molecular flexibility index (Phi) is 5.09. The largest absolute Gasteiger partial charge is 0.339 e. The number of nitrogens with zero attached hydrogens (tertiary/aromatic N) is 2. The Balaban J connectivity index is 1.96. The molecule has 4 nitrogen and oxygen atoms in total. The lowest BCUT2D eigenvalue weighted by atomic mass is 9.73. The molecular weight excluding hydrogens is 276 g/mol. The van der Waals surface area contributed by atoms with Gasteiger partial charge in [0.2, 0.25) is 11.8 Å². The fraction of sp³-hybridized carbons (Fsp3) is 0.667. The molecule has 22 heavy (non-hydrogen) atoms. The van der Waals surface area contributed by atoms with Gasteiger partial charge in [0.1, 0.15) is 0 Å². The van der Waals surface area contributed by atoms with Gasteiger partial charge in [0.05, 0.1) is 0 Å². The van der Waals surface area contributed by atoms with Gasteiger partial charge >= 0.3 is 0 Å². The van der Waals surface area contributed by atoms with Crippen molar-refractivity contribution >= 4 is 11.8 Å². The first kappa shape index (κ1) is 16.8. The smallest absolute Gasteiger partial charge is 0.246 e. The average molecular weight is 304 g/mol. The minimum absolute atomic E-state index is 0.0538. The van der Waals surface area contributed by atoms with Crippen molar-refractivity contribution in [2.24, 2.45) is 11.3 Å². The molecular formula is C18H28N2O2. The van der Waals surface area contributed by atoms with E-state index in [1.807, 2.05) is 11.0 Å². The average Bonchev–Trinajstić information content (AvgIpc) is 2.48.